The number of para-hydroxylation sites is 1. The molecular weight excluding hydrogens is 264 g/mol. The molecule has 118 valence electrons. The van der Waals surface area contributed by atoms with E-state index >= 15 is 0 Å². The summed E-state index contributed by atoms with van der Waals surface area (Å²) in [4.78, 5) is 11.7. The molecule has 0 saturated carbocycles. The van der Waals surface area contributed by atoms with Crippen LogP contribution >= 0.6 is 0 Å². The molecule has 0 bridgehead atoms. The fourth-order valence-corrected chi connectivity index (χ4v) is 1.88. The minimum atomic E-state index is -0.459. The van der Waals surface area contributed by atoms with Crippen molar-refractivity contribution >= 4 is 11.8 Å². The van der Waals surface area contributed by atoms with Crippen molar-refractivity contribution in [3.05, 3.63) is 30.3 Å². The molecule has 1 unspecified atom stereocenters. The number of carbonyl (C=O) groups is 1. The van der Waals surface area contributed by atoms with Crippen molar-refractivity contribution < 1.29 is 9.53 Å². The maximum absolute atomic E-state index is 11.7. The molecule has 0 spiro atoms. The lowest BCUT2D eigenvalue weighted by molar-refractivity contribution is 0.0516. The summed E-state index contributed by atoms with van der Waals surface area (Å²) in [6.45, 7) is 11.3. The summed E-state index contributed by atoms with van der Waals surface area (Å²) in [5.41, 5.74) is 0.639. The van der Waals surface area contributed by atoms with Crippen LogP contribution in [0.1, 0.15) is 34.6 Å². The van der Waals surface area contributed by atoms with Gasteiger partial charge >= 0.3 is 6.09 Å². The van der Waals surface area contributed by atoms with Gasteiger partial charge in [-0.3, -0.25) is 0 Å². The number of alkyl carbamates (subject to hydrolysis) is 1. The van der Waals surface area contributed by atoms with Crippen molar-refractivity contribution in [3.8, 4) is 0 Å². The minimum Gasteiger partial charge on any atom is -0.444 e. The molecule has 0 aliphatic carbocycles. The standard InChI is InChI=1S/C17H28N2O2/c1-13(2)14(11-18-15-9-7-6-8-10-15)12-19-16(20)21-17(3,4)5/h6-10,13-14,18H,11-12H2,1-5H3,(H,19,20). The molecule has 0 aliphatic rings. The lowest BCUT2D eigenvalue weighted by Gasteiger charge is -2.24. The van der Waals surface area contributed by atoms with Gasteiger partial charge in [0.15, 0.2) is 0 Å². The Balaban J connectivity index is 2.42. The van der Waals surface area contributed by atoms with Crippen LogP contribution < -0.4 is 10.6 Å². The zero-order valence-corrected chi connectivity index (χ0v) is 13.8. The van der Waals surface area contributed by atoms with E-state index in [0.29, 0.717) is 18.4 Å². The summed E-state index contributed by atoms with van der Waals surface area (Å²) in [5, 5.41) is 6.26. The number of hydrogen-bond acceptors (Lipinski definition) is 3. The second-order valence-corrected chi connectivity index (χ2v) is 6.63. The van der Waals surface area contributed by atoms with Crippen LogP contribution in [0.4, 0.5) is 10.5 Å². The highest BCUT2D eigenvalue weighted by Gasteiger charge is 2.19. The third-order valence-corrected chi connectivity index (χ3v) is 3.19. The van der Waals surface area contributed by atoms with Gasteiger partial charge in [0, 0.05) is 18.8 Å². The first-order valence-corrected chi connectivity index (χ1v) is 7.53. The van der Waals surface area contributed by atoms with Gasteiger partial charge in [-0.25, -0.2) is 4.79 Å². The van der Waals surface area contributed by atoms with Crippen LogP contribution in [-0.4, -0.2) is 24.8 Å². The molecule has 1 aromatic carbocycles. The van der Waals surface area contributed by atoms with Crippen molar-refractivity contribution in [1.82, 2.24) is 5.32 Å². The van der Waals surface area contributed by atoms with E-state index in [-0.39, 0.29) is 6.09 Å². The number of ether oxygens (including phenoxy) is 1. The minimum absolute atomic E-state index is 0.345. The van der Waals surface area contributed by atoms with Crippen LogP contribution in [0, 0.1) is 11.8 Å². The van der Waals surface area contributed by atoms with Crippen LogP contribution in [-0.2, 0) is 4.74 Å². The molecule has 1 amide bonds. The second kappa shape index (κ2) is 7.91. The topological polar surface area (TPSA) is 50.4 Å². The Hall–Kier alpha value is -1.71. The largest absolute Gasteiger partial charge is 0.444 e. The average Bonchev–Trinajstić information content (AvgIpc) is 2.37. The quantitative estimate of drug-likeness (QED) is 0.836. The van der Waals surface area contributed by atoms with E-state index < -0.39 is 5.60 Å². The summed E-state index contributed by atoms with van der Waals surface area (Å²) in [6.07, 6.45) is -0.354. The van der Waals surface area contributed by atoms with Gasteiger partial charge in [0.05, 0.1) is 0 Å². The number of benzene rings is 1. The van der Waals surface area contributed by atoms with E-state index in [1.807, 2.05) is 51.1 Å². The molecule has 0 aliphatic heterocycles. The summed E-state index contributed by atoms with van der Waals surface area (Å²) < 4.78 is 5.26. The Bertz CT molecular complexity index is 424. The Labute approximate surface area is 128 Å². The molecule has 0 heterocycles. The van der Waals surface area contributed by atoms with Gasteiger partial charge in [0.25, 0.3) is 0 Å². The Kier molecular flexibility index (Phi) is 6.53. The predicted molar refractivity (Wildman–Crippen MR) is 87.5 cm³/mol. The Morgan fingerprint density at radius 3 is 2.29 bits per heavy atom. The SMILES string of the molecule is CC(C)C(CNC(=O)OC(C)(C)C)CNc1ccccc1. The summed E-state index contributed by atoms with van der Waals surface area (Å²) in [5.74, 6) is 0.814. The third kappa shape index (κ3) is 7.59. The number of nitrogens with one attached hydrogen (secondary N) is 2. The molecule has 4 heteroatoms. The number of anilines is 1. The van der Waals surface area contributed by atoms with Crippen molar-refractivity contribution in [1.29, 1.82) is 0 Å². The van der Waals surface area contributed by atoms with Gasteiger partial charge in [-0.1, -0.05) is 32.0 Å². The van der Waals surface area contributed by atoms with Crippen LogP contribution in [0.15, 0.2) is 30.3 Å². The molecule has 21 heavy (non-hydrogen) atoms. The first-order chi connectivity index (χ1) is 9.78. The molecule has 1 aromatic rings. The first kappa shape index (κ1) is 17.3. The van der Waals surface area contributed by atoms with Crippen LogP contribution in [0.25, 0.3) is 0 Å². The van der Waals surface area contributed by atoms with E-state index in [2.05, 4.69) is 24.5 Å². The summed E-state index contributed by atoms with van der Waals surface area (Å²) in [7, 11) is 0. The van der Waals surface area contributed by atoms with E-state index in [1.165, 1.54) is 0 Å². The average molecular weight is 292 g/mol. The fraction of sp³-hybridized carbons (Fsp3) is 0.588. The number of rotatable bonds is 6. The van der Waals surface area contributed by atoms with Crippen molar-refractivity contribution in [3.63, 3.8) is 0 Å². The number of carbonyl (C=O) groups excluding carboxylic acids is 1. The Morgan fingerprint density at radius 2 is 1.76 bits per heavy atom. The monoisotopic (exact) mass is 292 g/mol. The first-order valence-electron chi connectivity index (χ1n) is 7.53. The van der Waals surface area contributed by atoms with Crippen molar-refractivity contribution in [2.75, 3.05) is 18.4 Å². The fourth-order valence-electron chi connectivity index (χ4n) is 1.88. The molecule has 2 N–H and O–H groups in total. The number of amides is 1. The molecule has 0 radical (unpaired) electrons. The highest BCUT2D eigenvalue weighted by atomic mass is 16.6. The molecule has 0 fully saturated rings. The zero-order chi connectivity index (χ0) is 15.9. The third-order valence-electron chi connectivity index (χ3n) is 3.19. The lowest BCUT2D eigenvalue weighted by Crippen LogP contribution is -2.38. The van der Waals surface area contributed by atoms with E-state index in [0.717, 1.165) is 12.2 Å². The van der Waals surface area contributed by atoms with E-state index in [4.69, 9.17) is 4.74 Å². The highest BCUT2D eigenvalue weighted by molar-refractivity contribution is 5.67. The smallest absolute Gasteiger partial charge is 0.407 e. The van der Waals surface area contributed by atoms with Crippen LogP contribution in [0.2, 0.25) is 0 Å². The predicted octanol–water partition coefficient (Wildman–Crippen LogP) is 3.90. The van der Waals surface area contributed by atoms with Crippen LogP contribution in [0.5, 0.6) is 0 Å². The molecule has 1 atom stereocenters. The lowest BCUT2D eigenvalue weighted by atomic mass is 9.95. The molecule has 4 nitrogen and oxygen atoms in total. The second-order valence-electron chi connectivity index (χ2n) is 6.63. The van der Waals surface area contributed by atoms with Gasteiger partial charge in [-0.15, -0.1) is 0 Å². The normalized spacial score (nSPS) is 12.9. The van der Waals surface area contributed by atoms with Crippen molar-refractivity contribution in [2.24, 2.45) is 11.8 Å². The molecule has 0 saturated heterocycles. The van der Waals surface area contributed by atoms with Gasteiger partial charge < -0.3 is 15.4 Å². The molecule has 1 rings (SSSR count). The van der Waals surface area contributed by atoms with Crippen molar-refractivity contribution in [2.45, 2.75) is 40.2 Å². The van der Waals surface area contributed by atoms with Gasteiger partial charge in [0.2, 0.25) is 0 Å². The van der Waals surface area contributed by atoms with Gasteiger partial charge in [-0.2, -0.15) is 0 Å². The summed E-state index contributed by atoms with van der Waals surface area (Å²) in [6, 6.07) is 10.1. The highest BCUT2D eigenvalue weighted by Crippen LogP contribution is 2.13. The summed E-state index contributed by atoms with van der Waals surface area (Å²) >= 11 is 0. The maximum atomic E-state index is 11.7. The Morgan fingerprint density at radius 1 is 1.14 bits per heavy atom. The van der Waals surface area contributed by atoms with E-state index in [9.17, 15) is 4.79 Å². The van der Waals surface area contributed by atoms with E-state index in [1.54, 1.807) is 0 Å². The molecular formula is C17H28N2O2. The maximum Gasteiger partial charge on any atom is 0.407 e. The van der Waals surface area contributed by atoms with Gasteiger partial charge in [0.1, 0.15) is 5.60 Å². The molecule has 0 aromatic heterocycles. The van der Waals surface area contributed by atoms with Gasteiger partial charge in [-0.05, 0) is 44.7 Å². The van der Waals surface area contributed by atoms with Crippen LogP contribution in [0.3, 0.4) is 0 Å². The zero-order valence-electron chi connectivity index (χ0n) is 13.8. The number of hydrogen-bond donors (Lipinski definition) is 2.